The fourth-order valence-corrected chi connectivity index (χ4v) is 2.23. The highest BCUT2D eigenvalue weighted by molar-refractivity contribution is 5.76. The van der Waals surface area contributed by atoms with Crippen molar-refractivity contribution in [1.82, 2.24) is 0 Å². The average molecular weight is 300 g/mol. The lowest BCUT2D eigenvalue weighted by molar-refractivity contribution is -0.138. The lowest BCUT2D eigenvalue weighted by Crippen LogP contribution is -2.14. The predicted molar refractivity (Wildman–Crippen MR) is 84.4 cm³/mol. The van der Waals surface area contributed by atoms with Gasteiger partial charge in [-0.25, -0.2) is 0 Å². The number of carboxylic acid groups (broad SMARTS) is 1. The van der Waals surface area contributed by atoms with Crippen LogP contribution in [0.25, 0.3) is 0 Å². The van der Waals surface area contributed by atoms with E-state index in [0.717, 1.165) is 17.7 Å². The Morgan fingerprint density at radius 3 is 2.27 bits per heavy atom. The van der Waals surface area contributed by atoms with Gasteiger partial charge in [0.25, 0.3) is 0 Å². The summed E-state index contributed by atoms with van der Waals surface area (Å²) in [5.74, 6) is -0.590. The van der Waals surface area contributed by atoms with Crippen LogP contribution in [0.3, 0.4) is 0 Å². The molecule has 22 heavy (non-hydrogen) atoms. The molecule has 0 aliphatic rings. The number of phenols is 1. The number of benzene rings is 2. The number of rotatable bonds is 7. The molecule has 0 aromatic heterocycles. The van der Waals surface area contributed by atoms with Gasteiger partial charge in [-0.1, -0.05) is 31.2 Å². The van der Waals surface area contributed by atoms with E-state index in [-0.39, 0.29) is 5.75 Å². The smallest absolute Gasteiger partial charge is 0.311 e. The molecule has 0 aliphatic carbocycles. The number of phenolic OH excluding ortho intramolecular Hbond substituents is 1. The van der Waals surface area contributed by atoms with Gasteiger partial charge < -0.3 is 14.9 Å². The van der Waals surface area contributed by atoms with Crippen LogP contribution in [0.15, 0.2) is 48.5 Å². The summed E-state index contributed by atoms with van der Waals surface area (Å²) in [5, 5.41) is 18.7. The fourth-order valence-electron chi connectivity index (χ4n) is 2.23. The first kappa shape index (κ1) is 15.9. The molecule has 116 valence electrons. The van der Waals surface area contributed by atoms with Gasteiger partial charge in [0.15, 0.2) is 0 Å². The Morgan fingerprint density at radius 2 is 1.73 bits per heavy atom. The van der Waals surface area contributed by atoms with Crippen molar-refractivity contribution in [1.29, 1.82) is 0 Å². The molecular weight excluding hydrogens is 280 g/mol. The van der Waals surface area contributed by atoms with Gasteiger partial charge in [-0.15, -0.1) is 0 Å². The van der Waals surface area contributed by atoms with E-state index < -0.39 is 11.9 Å². The second kappa shape index (κ2) is 7.50. The zero-order valence-corrected chi connectivity index (χ0v) is 12.5. The molecule has 0 aliphatic heterocycles. The van der Waals surface area contributed by atoms with Gasteiger partial charge in [-0.05, 0) is 48.2 Å². The number of hydrogen-bond acceptors (Lipinski definition) is 3. The quantitative estimate of drug-likeness (QED) is 0.820. The second-order valence-corrected chi connectivity index (χ2v) is 5.18. The molecule has 2 N–H and O–H groups in total. The average Bonchev–Trinajstić information content (AvgIpc) is 2.52. The van der Waals surface area contributed by atoms with Gasteiger partial charge in [0.05, 0.1) is 12.5 Å². The van der Waals surface area contributed by atoms with Crippen molar-refractivity contribution in [3.05, 3.63) is 59.7 Å². The molecular formula is C18H20O4. The number of ether oxygens (including phenoxy) is 1. The molecule has 0 heterocycles. The highest BCUT2D eigenvalue weighted by atomic mass is 16.5. The van der Waals surface area contributed by atoms with Gasteiger partial charge >= 0.3 is 5.97 Å². The molecule has 2 aromatic rings. The molecule has 0 saturated carbocycles. The molecule has 4 nitrogen and oxygen atoms in total. The van der Waals surface area contributed by atoms with E-state index in [2.05, 4.69) is 0 Å². The highest BCUT2D eigenvalue weighted by Crippen LogP contribution is 2.24. The normalized spacial score (nSPS) is 11.9. The van der Waals surface area contributed by atoms with Gasteiger partial charge in [0, 0.05) is 0 Å². The van der Waals surface area contributed by atoms with Crippen LogP contribution in [0.5, 0.6) is 11.5 Å². The van der Waals surface area contributed by atoms with Crippen molar-refractivity contribution in [2.24, 2.45) is 0 Å². The molecule has 0 spiro atoms. The zero-order valence-electron chi connectivity index (χ0n) is 12.5. The fraction of sp³-hybridized carbons (Fsp3) is 0.278. The van der Waals surface area contributed by atoms with E-state index in [1.54, 1.807) is 12.1 Å². The lowest BCUT2D eigenvalue weighted by atomic mass is 9.92. The molecule has 0 amide bonds. The minimum Gasteiger partial charge on any atom is -0.508 e. The highest BCUT2D eigenvalue weighted by Gasteiger charge is 2.20. The number of aliphatic carboxylic acids is 1. The summed E-state index contributed by atoms with van der Waals surface area (Å²) >= 11 is 0. The monoisotopic (exact) mass is 300 g/mol. The SMILES string of the molecule is CCCOc1ccc(CC(C(=O)O)c2ccc(O)cc2)cc1. The van der Waals surface area contributed by atoms with Gasteiger partial charge in [-0.3, -0.25) is 4.79 Å². The molecule has 0 fully saturated rings. The van der Waals surface area contributed by atoms with Crippen molar-refractivity contribution in [2.75, 3.05) is 6.61 Å². The Balaban J connectivity index is 2.11. The number of carboxylic acids is 1. The van der Waals surface area contributed by atoms with E-state index in [4.69, 9.17) is 4.74 Å². The van der Waals surface area contributed by atoms with Crippen LogP contribution < -0.4 is 4.74 Å². The maximum atomic E-state index is 11.5. The first-order valence-electron chi connectivity index (χ1n) is 7.33. The Kier molecular flexibility index (Phi) is 5.42. The lowest BCUT2D eigenvalue weighted by Gasteiger charge is -2.13. The van der Waals surface area contributed by atoms with Crippen molar-refractivity contribution in [2.45, 2.75) is 25.7 Å². The molecule has 2 rings (SSSR count). The summed E-state index contributed by atoms with van der Waals surface area (Å²) in [7, 11) is 0. The molecule has 0 bridgehead atoms. The molecule has 1 atom stereocenters. The third-order valence-corrected chi connectivity index (χ3v) is 3.43. The van der Waals surface area contributed by atoms with Crippen LogP contribution in [0.2, 0.25) is 0 Å². The Labute approximate surface area is 130 Å². The van der Waals surface area contributed by atoms with Crippen LogP contribution in [0.4, 0.5) is 0 Å². The minimum atomic E-state index is -0.878. The maximum absolute atomic E-state index is 11.5. The van der Waals surface area contributed by atoms with E-state index in [9.17, 15) is 15.0 Å². The van der Waals surface area contributed by atoms with Crippen molar-refractivity contribution >= 4 is 5.97 Å². The van der Waals surface area contributed by atoms with E-state index in [1.807, 2.05) is 31.2 Å². The number of aromatic hydroxyl groups is 1. The largest absolute Gasteiger partial charge is 0.508 e. The summed E-state index contributed by atoms with van der Waals surface area (Å²) in [5.41, 5.74) is 1.61. The van der Waals surface area contributed by atoms with E-state index in [1.165, 1.54) is 12.1 Å². The molecule has 2 aromatic carbocycles. The Bertz CT molecular complexity index is 602. The summed E-state index contributed by atoms with van der Waals surface area (Å²) in [6.45, 7) is 2.72. The molecule has 4 heteroatoms. The summed E-state index contributed by atoms with van der Waals surface area (Å²) in [6, 6.07) is 13.8. The first-order chi connectivity index (χ1) is 10.6. The van der Waals surface area contributed by atoms with Crippen LogP contribution >= 0.6 is 0 Å². The summed E-state index contributed by atoms with van der Waals surface area (Å²) in [6.07, 6.45) is 1.35. The van der Waals surface area contributed by atoms with Crippen LogP contribution in [-0.4, -0.2) is 22.8 Å². The van der Waals surface area contributed by atoms with Crippen LogP contribution in [0, 0.1) is 0 Å². The van der Waals surface area contributed by atoms with Crippen LogP contribution in [0.1, 0.15) is 30.4 Å². The summed E-state index contributed by atoms with van der Waals surface area (Å²) < 4.78 is 5.52. The van der Waals surface area contributed by atoms with Gasteiger partial charge in [0.2, 0.25) is 0 Å². The van der Waals surface area contributed by atoms with Crippen LogP contribution in [-0.2, 0) is 11.2 Å². The van der Waals surface area contributed by atoms with Crippen molar-refractivity contribution in [3.63, 3.8) is 0 Å². The van der Waals surface area contributed by atoms with E-state index >= 15 is 0 Å². The molecule has 0 saturated heterocycles. The van der Waals surface area contributed by atoms with Gasteiger partial charge in [0.1, 0.15) is 11.5 Å². The van der Waals surface area contributed by atoms with Crippen molar-refractivity contribution < 1.29 is 19.7 Å². The zero-order chi connectivity index (χ0) is 15.9. The number of hydrogen-bond donors (Lipinski definition) is 2. The van der Waals surface area contributed by atoms with Gasteiger partial charge in [-0.2, -0.15) is 0 Å². The van der Waals surface area contributed by atoms with E-state index in [0.29, 0.717) is 18.6 Å². The first-order valence-corrected chi connectivity index (χ1v) is 7.33. The second-order valence-electron chi connectivity index (χ2n) is 5.18. The third kappa shape index (κ3) is 4.25. The topological polar surface area (TPSA) is 66.8 Å². The number of carbonyl (C=O) groups is 1. The minimum absolute atomic E-state index is 0.130. The van der Waals surface area contributed by atoms with Crippen molar-refractivity contribution in [3.8, 4) is 11.5 Å². The molecule has 0 radical (unpaired) electrons. The maximum Gasteiger partial charge on any atom is 0.311 e. The third-order valence-electron chi connectivity index (χ3n) is 3.43. The molecule has 1 unspecified atom stereocenters. The standard InChI is InChI=1S/C18H20O4/c1-2-11-22-16-9-3-13(4-10-16)12-17(18(20)21)14-5-7-15(19)8-6-14/h3-10,17,19H,2,11-12H2,1H3,(H,20,21). The predicted octanol–water partition coefficient (Wildman–Crippen LogP) is 3.59. The summed E-state index contributed by atoms with van der Waals surface area (Å²) in [4.78, 5) is 11.5. The Hall–Kier alpha value is -2.49. The Morgan fingerprint density at radius 1 is 1.09 bits per heavy atom.